The quantitative estimate of drug-likeness (QED) is 0.762. The van der Waals surface area contributed by atoms with Crippen molar-refractivity contribution in [3.8, 4) is 5.75 Å². The van der Waals surface area contributed by atoms with Gasteiger partial charge >= 0.3 is 5.97 Å². The van der Waals surface area contributed by atoms with E-state index in [1.54, 1.807) is 6.92 Å². The largest absolute Gasteiger partial charge is 0.508 e. The van der Waals surface area contributed by atoms with Crippen molar-refractivity contribution in [1.29, 1.82) is 0 Å². The molecule has 0 radical (unpaired) electrons. The smallest absolute Gasteiger partial charge is 0.302 e. The minimum atomic E-state index is -0.111. The lowest BCUT2D eigenvalue weighted by molar-refractivity contribution is -0.171. The number of rotatable bonds is 1. The van der Waals surface area contributed by atoms with Crippen molar-refractivity contribution >= 4 is 5.97 Å². The molecule has 4 aliphatic carbocycles. The molecular weight excluding hydrogens is 312 g/mol. The highest BCUT2D eigenvalue weighted by atomic mass is 16.5. The van der Waals surface area contributed by atoms with Crippen molar-refractivity contribution in [3.63, 3.8) is 0 Å². The van der Waals surface area contributed by atoms with Gasteiger partial charge in [0.05, 0.1) is 0 Å². The van der Waals surface area contributed by atoms with Crippen molar-refractivity contribution in [2.75, 3.05) is 0 Å². The summed E-state index contributed by atoms with van der Waals surface area (Å²) in [6.45, 7) is 3.99. The molecule has 5 rings (SSSR count). The van der Waals surface area contributed by atoms with E-state index in [2.05, 4.69) is 13.0 Å². The number of aromatic hydroxyl groups is 1. The molecule has 4 aliphatic rings. The number of fused-ring (bicyclic) bond motifs is 4. The second-order valence-electron chi connectivity index (χ2n) is 9.28. The molecule has 1 spiro atoms. The van der Waals surface area contributed by atoms with Crippen molar-refractivity contribution in [2.45, 2.75) is 70.8 Å². The second kappa shape index (κ2) is 5.02. The van der Waals surface area contributed by atoms with Crippen LogP contribution in [0, 0.1) is 22.7 Å². The van der Waals surface area contributed by atoms with Crippen molar-refractivity contribution < 1.29 is 14.6 Å². The topological polar surface area (TPSA) is 46.5 Å². The van der Waals surface area contributed by atoms with Gasteiger partial charge in [0, 0.05) is 12.3 Å². The number of hydrogen-bond acceptors (Lipinski definition) is 3. The molecular formula is C22H28O3. The van der Waals surface area contributed by atoms with Gasteiger partial charge in [0.15, 0.2) is 0 Å². The fourth-order valence-corrected chi connectivity index (χ4v) is 7.62. The van der Waals surface area contributed by atoms with Crippen LogP contribution in [0.4, 0.5) is 0 Å². The summed E-state index contributed by atoms with van der Waals surface area (Å²) in [6, 6.07) is 6.01. The Hall–Kier alpha value is -1.51. The number of phenols is 1. The normalized spacial score (nSPS) is 43.9. The maximum Gasteiger partial charge on any atom is 0.302 e. The van der Waals surface area contributed by atoms with Gasteiger partial charge in [-0.25, -0.2) is 0 Å². The zero-order chi connectivity index (χ0) is 17.4. The first-order valence-electron chi connectivity index (χ1n) is 9.94. The average molecular weight is 340 g/mol. The Bertz CT molecular complexity index is 741. The van der Waals surface area contributed by atoms with Gasteiger partial charge in [0.25, 0.3) is 0 Å². The lowest BCUT2D eigenvalue weighted by Gasteiger charge is -2.59. The Morgan fingerprint density at radius 3 is 2.88 bits per heavy atom. The van der Waals surface area contributed by atoms with Gasteiger partial charge in [-0.3, -0.25) is 4.79 Å². The van der Waals surface area contributed by atoms with Gasteiger partial charge in [-0.1, -0.05) is 13.0 Å². The molecule has 1 N–H and O–H groups in total. The highest BCUT2D eigenvalue weighted by Gasteiger charge is 2.70. The Balaban J connectivity index is 1.55. The summed E-state index contributed by atoms with van der Waals surface area (Å²) in [7, 11) is 0. The number of carbonyl (C=O) groups is 1. The van der Waals surface area contributed by atoms with Crippen LogP contribution in [0.2, 0.25) is 0 Å². The Morgan fingerprint density at radius 1 is 1.24 bits per heavy atom. The Kier molecular flexibility index (Phi) is 3.16. The van der Waals surface area contributed by atoms with E-state index in [0.717, 1.165) is 12.8 Å². The minimum Gasteiger partial charge on any atom is -0.508 e. The number of aryl methyl sites for hydroxylation is 1. The molecule has 0 aliphatic heterocycles. The molecule has 2 bridgehead atoms. The number of carbonyl (C=O) groups excluding carboxylic acids is 1. The van der Waals surface area contributed by atoms with Gasteiger partial charge in [0.1, 0.15) is 11.9 Å². The third-order valence-corrected chi connectivity index (χ3v) is 8.49. The lowest BCUT2D eigenvalue weighted by Crippen LogP contribution is -2.54. The van der Waals surface area contributed by atoms with E-state index in [0.29, 0.717) is 28.9 Å². The van der Waals surface area contributed by atoms with Gasteiger partial charge in [-0.2, -0.15) is 0 Å². The molecule has 0 heterocycles. The fraction of sp³-hybridized carbons (Fsp3) is 0.682. The van der Waals surface area contributed by atoms with Crippen molar-refractivity contribution in [3.05, 3.63) is 29.3 Å². The summed E-state index contributed by atoms with van der Waals surface area (Å²) >= 11 is 0. The van der Waals surface area contributed by atoms with Crippen LogP contribution >= 0.6 is 0 Å². The van der Waals surface area contributed by atoms with Gasteiger partial charge < -0.3 is 9.84 Å². The van der Waals surface area contributed by atoms with E-state index in [4.69, 9.17) is 4.74 Å². The summed E-state index contributed by atoms with van der Waals surface area (Å²) in [5.74, 6) is 2.17. The number of phenolic OH excluding ortho intramolecular Hbond substituents is 1. The maximum atomic E-state index is 11.7. The monoisotopic (exact) mass is 340 g/mol. The Labute approximate surface area is 149 Å². The number of ether oxygens (including phenoxy) is 1. The van der Waals surface area contributed by atoms with Crippen LogP contribution in [0.25, 0.3) is 0 Å². The van der Waals surface area contributed by atoms with E-state index in [1.165, 1.54) is 43.2 Å². The third-order valence-electron chi connectivity index (χ3n) is 8.49. The van der Waals surface area contributed by atoms with Crippen molar-refractivity contribution in [2.24, 2.45) is 22.7 Å². The summed E-state index contributed by atoms with van der Waals surface area (Å²) < 4.78 is 5.91. The second-order valence-corrected chi connectivity index (χ2v) is 9.28. The molecule has 0 unspecified atom stereocenters. The Morgan fingerprint density at radius 2 is 2.08 bits per heavy atom. The summed E-state index contributed by atoms with van der Waals surface area (Å²) in [5.41, 5.74) is 3.32. The number of benzene rings is 1. The zero-order valence-electron chi connectivity index (χ0n) is 15.3. The molecule has 6 atom stereocenters. The fourth-order valence-electron chi connectivity index (χ4n) is 7.62. The molecule has 3 saturated carbocycles. The lowest BCUT2D eigenvalue weighted by atomic mass is 9.46. The van der Waals surface area contributed by atoms with E-state index >= 15 is 0 Å². The van der Waals surface area contributed by atoms with Crippen LogP contribution in [0.15, 0.2) is 18.2 Å². The van der Waals surface area contributed by atoms with Crippen LogP contribution in [0.3, 0.4) is 0 Å². The van der Waals surface area contributed by atoms with E-state index in [1.807, 2.05) is 12.1 Å². The first-order valence-corrected chi connectivity index (χ1v) is 9.94. The van der Waals surface area contributed by atoms with Crippen molar-refractivity contribution in [1.82, 2.24) is 0 Å². The highest BCUT2D eigenvalue weighted by Crippen LogP contribution is 2.75. The maximum absolute atomic E-state index is 11.7. The molecule has 3 heteroatoms. The summed E-state index contributed by atoms with van der Waals surface area (Å²) in [6.07, 6.45) is 8.53. The predicted molar refractivity (Wildman–Crippen MR) is 95.3 cm³/mol. The number of hydrogen-bond donors (Lipinski definition) is 1. The third kappa shape index (κ3) is 1.90. The van der Waals surface area contributed by atoms with Gasteiger partial charge in [-0.15, -0.1) is 0 Å². The van der Waals surface area contributed by atoms with Crippen LogP contribution in [0.5, 0.6) is 5.75 Å². The molecule has 0 amide bonds. The zero-order valence-corrected chi connectivity index (χ0v) is 15.3. The summed E-state index contributed by atoms with van der Waals surface area (Å²) in [5, 5.41) is 9.85. The molecule has 3 fully saturated rings. The molecule has 134 valence electrons. The molecule has 25 heavy (non-hydrogen) atoms. The van der Waals surface area contributed by atoms with Gasteiger partial charge in [0.2, 0.25) is 0 Å². The highest BCUT2D eigenvalue weighted by molar-refractivity contribution is 5.66. The first-order chi connectivity index (χ1) is 11.9. The number of esters is 1. The SMILES string of the molecule is CC(=O)O[C@@H]1[C@H]2CC[C@@]3(C2)[C@@H]2CCc4cc(O)ccc4[C@H]2CC[C@]13C. The van der Waals surface area contributed by atoms with Crippen LogP contribution < -0.4 is 0 Å². The van der Waals surface area contributed by atoms with Crippen LogP contribution in [0.1, 0.15) is 69.4 Å². The molecule has 0 aromatic heterocycles. The van der Waals surface area contributed by atoms with E-state index in [-0.39, 0.29) is 17.5 Å². The summed E-state index contributed by atoms with van der Waals surface area (Å²) in [4.78, 5) is 11.7. The van der Waals surface area contributed by atoms with Gasteiger partial charge in [-0.05, 0) is 91.4 Å². The first kappa shape index (κ1) is 15.7. The molecule has 1 aromatic rings. The minimum absolute atomic E-state index is 0.111. The molecule has 1 aromatic carbocycles. The average Bonchev–Trinajstić information content (AvgIpc) is 3.10. The van der Waals surface area contributed by atoms with Crippen LogP contribution in [-0.4, -0.2) is 17.2 Å². The van der Waals surface area contributed by atoms with E-state index in [9.17, 15) is 9.90 Å². The van der Waals surface area contributed by atoms with Crippen LogP contribution in [-0.2, 0) is 16.0 Å². The van der Waals surface area contributed by atoms with E-state index < -0.39 is 0 Å². The molecule has 0 saturated heterocycles. The molecule has 3 nitrogen and oxygen atoms in total. The standard InChI is InChI=1S/C22H28O3/c1-13(23)25-20-15-7-10-22(12-15)19-6-3-14-11-16(24)4-5-17(14)18(19)8-9-21(20,22)2/h4-5,11,15,18-20,24H,3,6-10,12H2,1-2H3/t15-,18+,19+,20+,21+,22+/m0/s1. The predicted octanol–water partition coefficient (Wildman–Crippen LogP) is 4.57.